The molecule has 6 heteroatoms. The SMILES string of the molecule is CC[C@H](/C=C/[C@H](C)[C@@H]1CC[C@@H]2[C@H]3CC=C4C[C@@H](O[C@H]5O[C@@H](CO)[C@H](O)[C@@H](O)[C@@H]5O)CC[C@@]4(C)[C@@H]3CC[C@]21C)C(C)C. The highest BCUT2D eigenvalue weighted by atomic mass is 16.7. The molecule has 14 atom stereocenters. The molecule has 41 heavy (non-hydrogen) atoms. The Labute approximate surface area is 248 Å². The Morgan fingerprint density at radius 1 is 0.976 bits per heavy atom. The van der Waals surface area contributed by atoms with E-state index in [1.54, 1.807) is 0 Å². The molecule has 4 aliphatic carbocycles. The first kappa shape index (κ1) is 31.7. The van der Waals surface area contributed by atoms with Crippen LogP contribution in [0.4, 0.5) is 0 Å². The van der Waals surface area contributed by atoms with Crippen molar-refractivity contribution in [2.45, 2.75) is 136 Å². The Hall–Kier alpha value is -0.760. The Bertz CT molecular complexity index is 960. The van der Waals surface area contributed by atoms with E-state index in [1.807, 2.05) is 0 Å². The lowest BCUT2D eigenvalue weighted by Gasteiger charge is -2.58. The third-order valence-electron chi connectivity index (χ3n) is 12.9. The van der Waals surface area contributed by atoms with Gasteiger partial charge in [0, 0.05) is 0 Å². The van der Waals surface area contributed by atoms with Crippen LogP contribution < -0.4 is 0 Å². The third-order valence-corrected chi connectivity index (χ3v) is 12.9. The lowest BCUT2D eigenvalue weighted by atomic mass is 9.47. The summed E-state index contributed by atoms with van der Waals surface area (Å²) in [6.45, 7) is 14.2. The summed E-state index contributed by atoms with van der Waals surface area (Å²) in [5.74, 6) is 5.05. The quantitative estimate of drug-likeness (QED) is 0.281. The fourth-order valence-corrected chi connectivity index (χ4v) is 10.3. The molecule has 5 rings (SSSR count). The van der Waals surface area contributed by atoms with Crippen LogP contribution in [0, 0.1) is 52.3 Å². The van der Waals surface area contributed by atoms with Gasteiger partial charge in [-0.1, -0.05) is 65.3 Å². The molecule has 1 saturated heterocycles. The van der Waals surface area contributed by atoms with Gasteiger partial charge >= 0.3 is 0 Å². The molecular formula is C35H58O6. The van der Waals surface area contributed by atoms with Gasteiger partial charge in [0.05, 0.1) is 12.7 Å². The van der Waals surface area contributed by atoms with Gasteiger partial charge in [0.15, 0.2) is 6.29 Å². The van der Waals surface area contributed by atoms with Crippen molar-refractivity contribution in [1.82, 2.24) is 0 Å². The summed E-state index contributed by atoms with van der Waals surface area (Å²) in [4.78, 5) is 0. The molecule has 4 N–H and O–H groups in total. The molecule has 0 aromatic rings. The molecule has 0 radical (unpaired) electrons. The Morgan fingerprint density at radius 3 is 2.41 bits per heavy atom. The fraction of sp³-hybridized carbons (Fsp3) is 0.886. The second kappa shape index (κ2) is 12.3. The van der Waals surface area contributed by atoms with Crippen molar-refractivity contribution in [3.05, 3.63) is 23.8 Å². The molecule has 1 heterocycles. The van der Waals surface area contributed by atoms with E-state index in [1.165, 1.54) is 37.7 Å². The molecule has 0 aromatic carbocycles. The van der Waals surface area contributed by atoms with E-state index < -0.39 is 37.3 Å². The van der Waals surface area contributed by atoms with Crippen LogP contribution in [-0.4, -0.2) is 63.8 Å². The molecule has 1 aliphatic heterocycles. The van der Waals surface area contributed by atoms with Crippen molar-refractivity contribution in [3.8, 4) is 0 Å². The summed E-state index contributed by atoms with van der Waals surface area (Å²) in [6.07, 6.45) is 11.9. The number of hydrogen-bond donors (Lipinski definition) is 4. The van der Waals surface area contributed by atoms with E-state index in [0.717, 1.165) is 43.4 Å². The second-order valence-electron chi connectivity index (χ2n) is 15.2. The molecular weight excluding hydrogens is 516 g/mol. The number of aliphatic hydroxyl groups excluding tert-OH is 4. The van der Waals surface area contributed by atoms with Gasteiger partial charge < -0.3 is 29.9 Å². The van der Waals surface area contributed by atoms with E-state index in [0.29, 0.717) is 29.1 Å². The highest BCUT2D eigenvalue weighted by molar-refractivity contribution is 5.25. The Kier molecular flexibility index (Phi) is 9.51. The zero-order chi connectivity index (χ0) is 29.7. The largest absolute Gasteiger partial charge is 0.394 e. The first-order valence-electron chi connectivity index (χ1n) is 16.8. The molecule has 5 aliphatic rings. The molecule has 4 fully saturated rings. The topological polar surface area (TPSA) is 99.4 Å². The van der Waals surface area contributed by atoms with Crippen LogP contribution >= 0.6 is 0 Å². The van der Waals surface area contributed by atoms with E-state index in [-0.39, 0.29) is 11.5 Å². The van der Waals surface area contributed by atoms with Gasteiger partial charge in [-0.15, -0.1) is 0 Å². The van der Waals surface area contributed by atoms with Crippen LogP contribution in [0.5, 0.6) is 0 Å². The van der Waals surface area contributed by atoms with Gasteiger partial charge in [0.2, 0.25) is 0 Å². The third kappa shape index (κ3) is 5.64. The van der Waals surface area contributed by atoms with E-state index in [2.05, 4.69) is 59.8 Å². The van der Waals surface area contributed by atoms with E-state index >= 15 is 0 Å². The molecule has 6 nitrogen and oxygen atoms in total. The molecule has 0 unspecified atom stereocenters. The standard InChI is InChI=1S/C35H58O6/c1-7-22(20(2)3)9-8-21(4)26-12-13-27-25-11-10-23-18-24(14-16-34(23,5)28(25)15-17-35(26,27)6)40-33-32(39)31(38)30(37)29(19-36)41-33/h8-10,20-22,24-33,36-39H,7,11-19H2,1-6H3/b9-8+/t21-,22+,24-,25+,26-,27+,28+,29-,30-,31+,32-,33-,34+,35-/m0/s1. The zero-order valence-electron chi connectivity index (χ0n) is 26.4. The smallest absolute Gasteiger partial charge is 0.186 e. The molecule has 3 saturated carbocycles. The van der Waals surface area contributed by atoms with Crippen LogP contribution in [-0.2, 0) is 9.47 Å². The van der Waals surface area contributed by atoms with Gasteiger partial charge in [-0.25, -0.2) is 0 Å². The maximum absolute atomic E-state index is 10.5. The summed E-state index contributed by atoms with van der Waals surface area (Å²) >= 11 is 0. The van der Waals surface area contributed by atoms with Crippen molar-refractivity contribution in [3.63, 3.8) is 0 Å². The predicted octanol–water partition coefficient (Wildman–Crippen LogP) is 5.63. The zero-order valence-corrected chi connectivity index (χ0v) is 26.4. The van der Waals surface area contributed by atoms with Gasteiger partial charge in [0.1, 0.15) is 24.4 Å². The second-order valence-corrected chi connectivity index (χ2v) is 15.2. The van der Waals surface area contributed by atoms with Crippen molar-refractivity contribution < 1.29 is 29.9 Å². The fourth-order valence-electron chi connectivity index (χ4n) is 10.3. The van der Waals surface area contributed by atoms with Crippen LogP contribution in [0.1, 0.15) is 99.3 Å². The van der Waals surface area contributed by atoms with Gasteiger partial charge in [-0.2, -0.15) is 0 Å². The number of ether oxygens (including phenoxy) is 2. The van der Waals surface area contributed by atoms with E-state index in [4.69, 9.17) is 9.47 Å². The number of hydrogen-bond acceptors (Lipinski definition) is 6. The summed E-state index contributed by atoms with van der Waals surface area (Å²) < 4.78 is 11.9. The highest BCUT2D eigenvalue weighted by Crippen LogP contribution is 2.67. The molecule has 0 aromatic heterocycles. The summed E-state index contributed by atoms with van der Waals surface area (Å²) in [6, 6.07) is 0. The minimum Gasteiger partial charge on any atom is -0.394 e. The van der Waals surface area contributed by atoms with Gasteiger partial charge in [0.25, 0.3) is 0 Å². The summed E-state index contributed by atoms with van der Waals surface area (Å²) in [7, 11) is 0. The minimum absolute atomic E-state index is 0.109. The van der Waals surface area contributed by atoms with Crippen LogP contribution in [0.25, 0.3) is 0 Å². The van der Waals surface area contributed by atoms with Gasteiger partial charge in [-0.05, 0) is 110 Å². The summed E-state index contributed by atoms with van der Waals surface area (Å²) in [5.41, 5.74) is 2.11. The van der Waals surface area contributed by atoms with Gasteiger partial charge in [-0.3, -0.25) is 0 Å². The van der Waals surface area contributed by atoms with E-state index in [9.17, 15) is 20.4 Å². The first-order chi connectivity index (χ1) is 19.4. The number of fused-ring (bicyclic) bond motifs is 5. The highest BCUT2D eigenvalue weighted by Gasteiger charge is 2.59. The minimum atomic E-state index is -1.40. The lowest BCUT2D eigenvalue weighted by Crippen LogP contribution is -2.60. The molecule has 0 spiro atoms. The number of allylic oxidation sites excluding steroid dienone is 3. The van der Waals surface area contributed by atoms with Crippen molar-refractivity contribution >= 4 is 0 Å². The average Bonchev–Trinajstić information content (AvgIpc) is 3.30. The predicted molar refractivity (Wildman–Crippen MR) is 161 cm³/mol. The first-order valence-corrected chi connectivity index (χ1v) is 16.8. The van der Waals surface area contributed by atoms with Crippen LogP contribution in [0.3, 0.4) is 0 Å². The molecule has 0 amide bonds. The van der Waals surface area contributed by atoms with Crippen molar-refractivity contribution in [1.29, 1.82) is 0 Å². The number of aliphatic hydroxyl groups is 4. The lowest BCUT2D eigenvalue weighted by molar-refractivity contribution is -0.313. The molecule has 0 bridgehead atoms. The monoisotopic (exact) mass is 574 g/mol. The van der Waals surface area contributed by atoms with Crippen molar-refractivity contribution in [2.24, 2.45) is 52.3 Å². The van der Waals surface area contributed by atoms with Crippen LogP contribution in [0.15, 0.2) is 23.8 Å². The normalized spacial score (nSPS) is 47.9. The maximum atomic E-state index is 10.5. The van der Waals surface area contributed by atoms with Crippen molar-refractivity contribution in [2.75, 3.05) is 6.61 Å². The Morgan fingerprint density at radius 2 is 1.73 bits per heavy atom. The Balaban J connectivity index is 1.26. The average molecular weight is 575 g/mol. The maximum Gasteiger partial charge on any atom is 0.186 e. The molecule has 234 valence electrons. The van der Waals surface area contributed by atoms with Crippen LogP contribution in [0.2, 0.25) is 0 Å². The summed E-state index contributed by atoms with van der Waals surface area (Å²) in [5, 5.41) is 40.4. The number of rotatable bonds is 8.